The molecule has 0 radical (unpaired) electrons. The Labute approximate surface area is 164 Å². The van der Waals surface area contributed by atoms with Gasteiger partial charge in [-0.05, 0) is 31.0 Å². The number of carbonyl (C=O) groups excluding carboxylic acids is 1. The first-order valence-corrected chi connectivity index (χ1v) is 8.98. The standard InChI is InChI=1S/C20H12Cl3NO2/c1-8-14-18(16(23)9(2)15(8)22)24-17(20(14)26)12-7-13(21)10-5-3-4-6-11(10)19(12)25/h3-7,25H,1-2H3. The summed E-state index contributed by atoms with van der Waals surface area (Å²) in [6.07, 6.45) is 0. The molecule has 1 aliphatic rings. The fourth-order valence-electron chi connectivity index (χ4n) is 3.29. The Morgan fingerprint density at radius 1 is 0.962 bits per heavy atom. The number of hydrogen-bond donors (Lipinski definition) is 1. The highest BCUT2D eigenvalue weighted by Gasteiger charge is 2.33. The maximum absolute atomic E-state index is 13.0. The first-order valence-electron chi connectivity index (χ1n) is 7.85. The summed E-state index contributed by atoms with van der Waals surface area (Å²) in [5.74, 6) is -0.371. The number of fused-ring (bicyclic) bond motifs is 2. The summed E-state index contributed by atoms with van der Waals surface area (Å²) < 4.78 is 0. The van der Waals surface area contributed by atoms with Crippen LogP contribution in [0.5, 0.6) is 5.75 Å². The number of rotatable bonds is 1. The molecule has 0 aromatic heterocycles. The fraction of sp³-hybridized carbons (Fsp3) is 0.100. The van der Waals surface area contributed by atoms with Crippen molar-refractivity contribution in [3.05, 3.63) is 67.7 Å². The molecule has 1 N–H and O–H groups in total. The molecule has 0 saturated carbocycles. The van der Waals surface area contributed by atoms with Gasteiger partial charge < -0.3 is 5.11 Å². The number of phenols is 1. The Hall–Kier alpha value is -2.07. The zero-order valence-electron chi connectivity index (χ0n) is 13.8. The highest BCUT2D eigenvalue weighted by atomic mass is 35.5. The van der Waals surface area contributed by atoms with E-state index in [-0.39, 0.29) is 22.8 Å². The van der Waals surface area contributed by atoms with Crippen molar-refractivity contribution >= 4 is 62.8 Å². The molecule has 3 nitrogen and oxygen atoms in total. The smallest absolute Gasteiger partial charge is 0.214 e. The van der Waals surface area contributed by atoms with E-state index in [1.165, 1.54) is 0 Å². The van der Waals surface area contributed by atoms with Crippen molar-refractivity contribution in [2.75, 3.05) is 0 Å². The van der Waals surface area contributed by atoms with Crippen molar-refractivity contribution < 1.29 is 9.90 Å². The Bertz CT molecular complexity index is 1170. The fourth-order valence-corrected chi connectivity index (χ4v) is 4.04. The molecule has 0 spiro atoms. The largest absolute Gasteiger partial charge is 0.507 e. The molecular weight excluding hydrogens is 393 g/mol. The van der Waals surface area contributed by atoms with E-state index in [4.69, 9.17) is 34.8 Å². The molecule has 0 saturated heterocycles. The van der Waals surface area contributed by atoms with Crippen molar-refractivity contribution in [3.8, 4) is 5.75 Å². The molecular formula is C20H12Cl3NO2. The van der Waals surface area contributed by atoms with Gasteiger partial charge in [-0.2, -0.15) is 0 Å². The summed E-state index contributed by atoms with van der Waals surface area (Å²) in [4.78, 5) is 17.5. The van der Waals surface area contributed by atoms with Gasteiger partial charge in [0.15, 0.2) is 0 Å². The van der Waals surface area contributed by atoms with Gasteiger partial charge in [0.2, 0.25) is 5.78 Å². The van der Waals surface area contributed by atoms with E-state index in [1.54, 1.807) is 38.1 Å². The zero-order valence-corrected chi connectivity index (χ0v) is 16.1. The van der Waals surface area contributed by atoms with Crippen LogP contribution in [0.2, 0.25) is 15.1 Å². The highest BCUT2D eigenvalue weighted by Crippen LogP contribution is 2.45. The minimum Gasteiger partial charge on any atom is -0.507 e. The summed E-state index contributed by atoms with van der Waals surface area (Å²) in [5, 5.41) is 13.2. The third-order valence-electron chi connectivity index (χ3n) is 4.69. The Balaban J connectivity index is 2.00. The minimum absolute atomic E-state index is 0.0403. The van der Waals surface area contributed by atoms with E-state index in [9.17, 15) is 9.90 Å². The Morgan fingerprint density at radius 3 is 2.31 bits per heavy atom. The number of Topliss-reactive ketones (excluding diaryl/α,β-unsaturated/α-hetero) is 1. The normalized spacial score (nSPS) is 13.3. The molecule has 0 amide bonds. The van der Waals surface area contributed by atoms with Crippen LogP contribution in [-0.2, 0) is 0 Å². The van der Waals surface area contributed by atoms with Crippen LogP contribution in [0.15, 0.2) is 35.3 Å². The molecule has 3 aromatic rings. The number of aliphatic imine (C=N–C) groups is 1. The number of hydrogen-bond acceptors (Lipinski definition) is 3. The van der Waals surface area contributed by atoms with Crippen molar-refractivity contribution in [1.82, 2.24) is 0 Å². The average Bonchev–Trinajstić information content (AvgIpc) is 2.98. The average molecular weight is 405 g/mol. The summed E-state index contributed by atoms with van der Waals surface area (Å²) in [6, 6.07) is 8.72. The number of aromatic hydroxyl groups is 1. The van der Waals surface area contributed by atoms with E-state index in [0.29, 0.717) is 48.2 Å². The van der Waals surface area contributed by atoms with Crippen LogP contribution in [-0.4, -0.2) is 16.6 Å². The van der Waals surface area contributed by atoms with Gasteiger partial charge in [0.05, 0.1) is 16.3 Å². The van der Waals surface area contributed by atoms with Crippen LogP contribution in [0.3, 0.4) is 0 Å². The molecule has 130 valence electrons. The molecule has 26 heavy (non-hydrogen) atoms. The number of carbonyl (C=O) groups is 1. The third kappa shape index (κ3) is 2.28. The van der Waals surface area contributed by atoms with E-state index in [0.717, 1.165) is 0 Å². The summed E-state index contributed by atoms with van der Waals surface area (Å²) in [5.41, 5.74) is 2.43. The number of phenolic OH excluding ortho intramolecular Hbond substituents is 1. The number of halogens is 3. The zero-order chi connectivity index (χ0) is 18.7. The highest BCUT2D eigenvalue weighted by molar-refractivity contribution is 6.57. The molecule has 0 fully saturated rings. The molecule has 1 heterocycles. The predicted molar refractivity (Wildman–Crippen MR) is 107 cm³/mol. The van der Waals surface area contributed by atoms with E-state index >= 15 is 0 Å². The topological polar surface area (TPSA) is 49.7 Å². The lowest BCUT2D eigenvalue weighted by Gasteiger charge is -2.10. The van der Waals surface area contributed by atoms with Crippen molar-refractivity contribution in [3.63, 3.8) is 0 Å². The van der Waals surface area contributed by atoms with Crippen molar-refractivity contribution in [2.24, 2.45) is 4.99 Å². The second kappa shape index (κ2) is 5.98. The maximum Gasteiger partial charge on any atom is 0.214 e. The lowest BCUT2D eigenvalue weighted by Crippen LogP contribution is -2.13. The van der Waals surface area contributed by atoms with Crippen LogP contribution in [0.1, 0.15) is 27.0 Å². The summed E-state index contributed by atoms with van der Waals surface area (Å²) in [7, 11) is 0. The van der Waals surface area contributed by atoms with Gasteiger partial charge in [0.25, 0.3) is 0 Å². The van der Waals surface area contributed by atoms with Gasteiger partial charge in [0, 0.05) is 26.4 Å². The number of ketones is 1. The molecule has 0 bridgehead atoms. The van der Waals surface area contributed by atoms with Crippen LogP contribution in [0.4, 0.5) is 5.69 Å². The quantitative estimate of drug-likeness (QED) is 0.507. The molecule has 1 aliphatic heterocycles. The molecule has 0 unspecified atom stereocenters. The number of nitrogens with zero attached hydrogens (tertiary/aromatic N) is 1. The molecule has 0 atom stereocenters. The maximum atomic E-state index is 13.0. The van der Waals surface area contributed by atoms with Gasteiger partial charge in [-0.3, -0.25) is 4.79 Å². The van der Waals surface area contributed by atoms with Gasteiger partial charge in [-0.25, -0.2) is 4.99 Å². The lowest BCUT2D eigenvalue weighted by atomic mass is 9.95. The van der Waals surface area contributed by atoms with E-state index in [2.05, 4.69) is 4.99 Å². The molecule has 4 rings (SSSR count). The first-order chi connectivity index (χ1) is 12.3. The van der Waals surface area contributed by atoms with E-state index in [1.807, 2.05) is 6.07 Å². The van der Waals surface area contributed by atoms with Crippen LogP contribution < -0.4 is 0 Å². The van der Waals surface area contributed by atoms with Gasteiger partial charge in [-0.15, -0.1) is 0 Å². The monoisotopic (exact) mass is 403 g/mol. The van der Waals surface area contributed by atoms with Gasteiger partial charge in [0.1, 0.15) is 11.5 Å². The summed E-state index contributed by atoms with van der Waals surface area (Å²) >= 11 is 19.0. The number of benzene rings is 3. The second-order valence-corrected chi connectivity index (χ2v) is 7.35. The van der Waals surface area contributed by atoms with Gasteiger partial charge in [-0.1, -0.05) is 59.1 Å². The van der Waals surface area contributed by atoms with E-state index < -0.39 is 0 Å². The molecule has 3 aromatic carbocycles. The Morgan fingerprint density at radius 2 is 1.62 bits per heavy atom. The van der Waals surface area contributed by atoms with Gasteiger partial charge >= 0.3 is 0 Å². The van der Waals surface area contributed by atoms with Crippen LogP contribution in [0.25, 0.3) is 10.8 Å². The SMILES string of the molecule is Cc1c(Cl)c(C)c2c(c1Cl)N=C(c1cc(Cl)c3ccccc3c1O)C2=O. The van der Waals surface area contributed by atoms with Crippen molar-refractivity contribution in [2.45, 2.75) is 13.8 Å². The first kappa shape index (κ1) is 17.3. The second-order valence-electron chi connectivity index (χ2n) is 6.19. The third-order valence-corrected chi connectivity index (χ3v) is 6.04. The molecule has 0 aliphatic carbocycles. The van der Waals surface area contributed by atoms with Crippen LogP contribution in [0, 0.1) is 13.8 Å². The summed E-state index contributed by atoms with van der Waals surface area (Å²) in [6.45, 7) is 3.54. The Kier molecular flexibility index (Phi) is 3.99. The van der Waals surface area contributed by atoms with Crippen molar-refractivity contribution in [1.29, 1.82) is 0 Å². The lowest BCUT2D eigenvalue weighted by molar-refractivity contribution is 0.106. The predicted octanol–water partition coefficient (Wildman–Crippen LogP) is 6.44. The minimum atomic E-state index is -0.331. The van der Waals surface area contributed by atoms with Crippen LogP contribution >= 0.6 is 34.8 Å². The molecule has 6 heteroatoms.